The van der Waals surface area contributed by atoms with E-state index in [0.717, 1.165) is 51.6 Å². The summed E-state index contributed by atoms with van der Waals surface area (Å²) in [4.78, 5) is 2.25. The van der Waals surface area contributed by atoms with Crippen LogP contribution < -0.4 is 15.7 Å². The summed E-state index contributed by atoms with van der Waals surface area (Å²) in [5, 5.41) is 24.1. The summed E-state index contributed by atoms with van der Waals surface area (Å²) in [5.74, 6) is 2.75. The van der Waals surface area contributed by atoms with Crippen LogP contribution in [0.25, 0.3) is 0 Å². The first-order valence-electron chi connectivity index (χ1n) is 15.2. The fourth-order valence-corrected chi connectivity index (χ4v) is 8.58. The molecule has 0 aliphatic heterocycles. The third-order valence-corrected chi connectivity index (χ3v) is 10.1. The maximum atomic E-state index is 10.3. The topological polar surface area (TPSA) is 55.7 Å². The van der Waals surface area contributed by atoms with Crippen LogP contribution in [0.4, 0.5) is 28.4 Å². The molecule has 4 aliphatic rings. The second-order valence-electron chi connectivity index (χ2n) is 13.0. The predicted molar refractivity (Wildman–Crippen MR) is 170 cm³/mol. The molecular weight excluding hydrogens is 503 g/mol. The highest BCUT2D eigenvalue weighted by Gasteiger charge is 2.51. The molecule has 4 bridgehead atoms. The predicted octanol–water partition coefficient (Wildman–Crippen LogP) is 7.66. The summed E-state index contributed by atoms with van der Waals surface area (Å²) < 4.78 is 0. The van der Waals surface area contributed by atoms with Gasteiger partial charge in [-0.25, -0.2) is 0 Å². The van der Waals surface area contributed by atoms with Gasteiger partial charge in [-0.1, -0.05) is 54.6 Å². The quantitative estimate of drug-likeness (QED) is 0.210. The van der Waals surface area contributed by atoms with E-state index in [4.69, 9.17) is 0 Å². The average molecular weight is 543 g/mol. The van der Waals surface area contributed by atoms with Gasteiger partial charge in [0.2, 0.25) is 0 Å². The lowest BCUT2D eigenvalue weighted by Gasteiger charge is -2.57. The van der Waals surface area contributed by atoms with Crippen LogP contribution >= 0.6 is 0 Å². The lowest BCUT2D eigenvalue weighted by Crippen LogP contribution is -2.48. The van der Waals surface area contributed by atoms with E-state index >= 15 is 0 Å². The summed E-state index contributed by atoms with van der Waals surface area (Å²) in [7, 11) is -1.58. The molecule has 4 aliphatic carbocycles. The Kier molecular flexibility index (Phi) is 6.68. The Bertz CT molecular complexity index is 1480. The van der Waals surface area contributed by atoms with Gasteiger partial charge in [-0.05, 0) is 129 Å². The molecule has 0 amide bonds. The molecule has 4 nitrogen and oxygen atoms in total. The SMILES string of the molecule is Cc1ccccc1N(c1ccc(B(O)O)c(Nc2ccc(C34CC5CC(CC(C5)C3)C4)cc2)c1)c1ccccc1C. The molecule has 4 aromatic rings. The van der Waals surface area contributed by atoms with E-state index in [2.05, 4.69) is 96.9 Å². The zero-order valence-corrected chi connectivity index (χ0v) is 24.1. The van der Waals surface area contributed by atoms with Crippen molar-refractivity contribution in [3.8, 4) is 0 Å². The number of anilines is 5. The van der Waals surface area contributed by atoms with Gasteiger partial charge in [-0.2, -0.15) is 0 Å². The molecule has 4 aromatic carbocycles. The minimum atomic E-state index is -1.58. The van der Waals surface area contributed by atoms with Crippen molar-refractivity contribution in [3.63, 3.8) is 0 Å². The Morgan fingerprint density at radius 1 is 0.707 bits per heavy atom. The van der Waals surface area contributed by atoms with E-state index in [9.17, 15) is 10.0 Å². The molecule has 0 radical (unpaired) electrons. The first-order chi connectivity index (χ1) is 19.9. The van der Waals surface area contributed by atoms with Gasteiger partial charge < -0.3 is 20.3 Å². The van der Waals surface area contributed by atoms with Crippen molar-refractivity contribution in [2.75, 3.05) is 10.2 Å². The second-order valence-corrected chi connectivity index (χ2v) is 13.0. The van der Waals surface area contributed by atoms with E-state index in [0.29, 0.717) is 16.6 Å². The average Bonchev–Trinajstić information content (AvgIpc) is 2.95. The molecule has 0 saturated heterocycles. The highest BCUT2D eigenvalue weighted by atomic mass is 16.4. The molecule has 4 saturated carbocycles. The van der Waals surface area contributed by atoms with Crippen LogP contribution in [0.1, 0.15) is 55.2 Å². The summed E-state index contributed by atoms with van der Waals surface area (Å²) in [5.41, 5.74) is 9.40. The van der Waals surface area contributed by atoms with E-state index in [1.807, 2.05) is 18.2 Å². The van der Waals surface area contributed by atoms with Crippen molar-refractivity contribution < 1.29 is 10.0 Å². The first-order valence-corrected chi connectivity index (χ1v) is 15.2. The maximum absolute atomic E-state index is 10.3. The smallest absolute Gasteiger partial charge is 0.423 e. The third-order valence-electron chi connectivity index (χ3n) is 10.1. The zero-order chi connectivity index (χ0) is 28.1. The lowest BCUT2D eigenvalue weighted by molar-refractivity contribution is -0.00518. The van der Waals surface area contributed by atoms with Gasteiger partial charge >= 0.3 is 7.12 Å². The van der Waals surface area contributed by atoms with Crippen LogP contribution in [0.3, 0.4) is 0 Å². The van der Waals surface area contributed by atoms with Gasteiger partial charge in [-0.3, -0.25) is 0 Å². The van der Waals surface area contributed by atoms with Gasteiger partial charge in [-0.15, -0.1) is 0 Å². The van der Waals surface area contributed by atoms with Gasteiger partial charge in [0, 0.05) is 33.9 Å². The molecule has 0 heterocycles. The van der Waals surface area contributed by atoms with Crippen LogP contribution in [0.15, 0.2) is 91.0 Å². The summed E-state index contributed by atoms with van der Waals surface area (Å²) in [6.07, 6.45) is 8.39. The van der Waals surface area contributed by atoms with Crippen LogP contribution in [0.5, 0.6) is 0 Å². The molecule has 0 aromatic heterocycles. The van der Waals surface area contributed by atoms with E-state index in [-0.39, 0.29) is 0 Å². The van der Waals surface area contributed by atoms with Crippen molar-refractivity contribution >= 4 is 41.0 Å². The number of rotatable bonds is 7. The molecule has 0 unspecified atom stereocenters. The normalized spacial score (nSPS) is 24.3. The minimum Gasteiger partial charge on any atom is -0.423 e. The van der Waals surface area contributed by atoms with E-state index < -0.39 is 7.12 Å². The Hall–Kier alpha value is -3.54. The number of para-hydroxylation sites is 2. The fourth-order valence-electron chi connectivity index (χ4n) is 8.58. The molecule has 0 atom stereocenters. The molecule has 4 fully saturated rings. The molecule has 208 valence electrons. The van der Waals surface area contributed by atoms with Gasteiger partial charge in [0.15, 0.2) is 0 Å². The monoisotopic (exact) mass is 542 g/mol. The maximum Gasteiger partial charge on any atom is 0.490 e. The lowest BCUT2D eigenvalue weighted by atomic mass is 9.48. The van der Waals surface area contributed by atoms with Crippen LogP contribution in [0.2, 0.25) is 0 Å². The summed E-state index contributed by atoms with van der Waals surface area (Å²) >= 11 is 0. The Morgan fingerprint density at radius 2 is 1.24 bits per heavy atom. The van der Waals surface area contributed by atoms with Crippen LogP contribution in [-0.2, 0) is 5.41 Å². The van der Waals surface area contributed by atoms with Gasteiger partial charge in [0.25, 0.3) is 0 Å². The number of hydrogen-bond acceptors (Lipinski definition) is 4. The number of aryl methyl sites for hydroxylation is 2. The molecule has 41 heavy (non-hydrogen) atoms. The van der Waals surface area contributed by atoms with E-state index in [1.54, 1.807) is 0 Å². The summed E-state index contributed by atoms with van der Waals surface area (Å²) in [6.45, 7) is 4.24. The minimum absolute atomic E-state index is 0.362. The van der Waals surface area contributed by atoms with Gasteiger partial charge in [0.05, 0.1) is 0 Å². The Labute approximate surface area is 244 Å². The number of hydrogen-bond donors (Lipinski definition) is 3. The second kappa shape index (κ2) is 10.4. The number of nitrogens with zero attached hydrogens (tertiary/aromatic N) is 1. The summed E-state index contributed by atoms with van der Waals surface area (Å²) in [6, 6.07) is 31.5. The standard InChI is InChI=1S/C36H39BN2O2/c1-24-7-3-5-9-34(24)39(35-10-6-4-8-25(35)2)31-15-16-32(37(40)41)33(20-31)38-30-13-11-29(12-14-30)36-21-26-17-27(22-36)19-28(18-26)23-36/h3-16,20,26-28,38,40-41H,17-19,21-23H2,1-2H3. The van der Waals surface area contributed by atoms with Crippen LogP contribution in [0, 0.1) is 31.6 Å². The molecule has 3 N–H and O–H groups in total. The molecule has 5 heteroatoms. The number of benzene rings is 4. The zero-order valence-electron chi connectivity index (χ0n) is 24.1. The highest BCUT2D eigenvalue weighted by molar-refractivity contribution is 6.60. The third kappa shape index (κ3) is 4.85. The Morgan fingerprint density at radius 3 is 1.76 bits per heavy atom. The van der Waals surface area contributed by atoms with Crippen molar-refractivity contribution in [2.24, 2.45) is 17.8 Å². The Balaban J connectivity index is 1.23. The first kappa shape index (κ1) is 26.4. The number of nitrogens with one attached hydrogen (secondary N) is 1. The fraction of sp³-hybridized carbons (Fsp3) is 0.333. The van der Waals surface area contributed by atoms with E-state index in [1.165, 1.54) is 44.1 Å². The van der Waals surface area contributed by atoms with Crippen molar-refractivity contribution in [2.45, 2.75) is 57.8 Å². The van der Waals surface area contributed by atoms with Crippen LogP contribution in [-0.4, -0.2) is 17.2 Å². The molecule has 8 rings (SSSR count). The largest absolute Gasteiger partial charge is 0.490 e. The van der Waals surface area contributed by atoms with Crippen molar-refractivity contribution in [3.05, 3.63) is 108 Å². The molecule has 0 spiro atoms. The molecular formula is C36H39BN2O2. The van der Waals surface area contributed by atoms with Crippen molar-refractivity contribution in [1.82, 2.24) is 0 Å². The highest BCUT2D eigenvalue weighted by Crippen LogP contribution is 2.60. The van der Waals surface area contributed by atoms with Gasteiger partial charge in [0.1, 0.15) is 0 Å². The van der Waals surface area contributed by atoms with Crippen molar-refractivity contribution in [1.29, 1.82) is 0 Å².